The van der Waals surface area contributed by atoms with E-state index in [0.717, 1.165) is 36.2 Å². The van der Waals surface area contributed by atoms with Crippen molar-refractivity contribution in [2.45, 2.75) is 52.1 Å². The third kappa shape index (κ3) is 3.40. The molecule has 1 aromatic heterocycles. The molecule has 1 aliphatic carbocycles. The van der Waals surface area contributed by atoms with Crippen LogP contribution in [0.2, 0.25) is 0 Å². The van der Waals surface area contributed by atoms with Gasteiger partial charge in [-0.1, -0.05) is 55.7 Å². The molecule has 0 atom stereocenters. The van der Waals surface area contributed by atoms with E-state index >= 15 is 0 Å². The van der Waals surface area contributed by atoms with E-state index in [1.165, 1.54) is 18.4 Å². The SMILES string of the molecule is CCNCc1ccc(-c2ccc(C)cc2)n(C2CCCC2)c1=O. The Morgan fingerprint density at radius 2 is 1.78 bits per heavy atom. The van der Waals surface area contributed by atoms with Crippen molar-refractivity contribution >= 4 is 0 Å². The average Bonchev–Trinajstić information content (AvgIpc) is 3.08. The lowest BCUT2D eigenvalue weighted by atomic mass is 10.1. The second-order valence-electron chi connectivity index (χ2n) is 6.50. The highest BCUT2D eigenvalue weighted by atomic mass is 16.1. The molecule has 0 spiro atoms. The van der Waals surface area contributed by atoms with Gasteiger partial charge in [0, 0.05) is 18.2 Å². The summed E-state index contributed by atoms with van der Waals surface area (Å²) in [6.45, 7) is 5.68. The molecule has 0 aliphatic heterocycles. The van der Waals surface area contributed by atoms with Crippen LogP contribution in [-0.2, 0) is 6.54 Å². The largest absolute Gasteiger partial charge is 0.313 e. The van der Waals surface area contributed by atoms with Crippen molar-refractivity contribution in [3.05, 3.63) is 57.9 Å². The standard InChI is InChI=1S/C20H26N2O/c1-3-21-14-17-12-13-19(16-10-8-15(2)9-11-16)22(20(17)23)18-6-4-5-7-18/h8-13,18,21H,3-7,14H2,1-2H3. The molecule has 1 N–H and O–H groups in total. The van der Waals surface area contributed by atoms with Crippen LogP contribution in [0.15, 0.2) is 41.2 Å². The summed E-state index contributed by atoms with van der Waals surface area (Å²) < 4.78 is 2.06. The monoisotopic (exact) mass is 310 g/mol. The highest BCUT2D eigenvalue weighted by Crippen LogP contribution is 2.32. The Balaban J connectivity index is 2.09. The number of aryl methyl sites for hydroxylation is 1. The first-order valence-corrected chi connectivity index (χ1v) is 8.73. The predicted octanol–water partition coefficient (Wildman–Crippen LogP) is 4.05. The van der Waals surface area contributed by atoms with E-state index in [-0.39, 0.29) is 5.56 Å². The summed E-state index contributed by atoms with van der Waals surface area (Å²) in [5.41, 5.74) is 4.48. The van der Waals surface area contributed by atoms with E-state index in [1.54, 1.807) is 0 Å². The van der Waals surface area contributed by atoms with Gasteiger partial charge < -0.3 is 9.88 Å². The van der Waals surface area contributed by atoms with Crippen LogP contribution in [-0.4, -0.2) is 11.1 Å². The van der Waals surface area contributed by atoms with E-state index in [4.69, 9.17) is 0 Å². The van der Waals surface area contributed by atoms with E-state index < -0.39 is 0 Å². The fourth-order valence-electron chi connectivity index (χ4n) is 3.47. The Hall–Kier alpha value is -1.87. The fourth-order valence-corrected chi connectivity index (χ4v) is 3.47. The smallest absolute Gasteiger partial charge is 0.255 e. The van der Waals surface area contributed by atoms with Gasteiger partial charge in [-0.25, -0.2) is 0 Å². The first-order valence-electron chi connectivity index (χ1n) is 8.73. The van der Waals surface area contributed by atoms with Crippen LogP contribution in [0.3, 0.4) is 0 Å². The Labute approximate surface area is 138 Å². The Bertz CT molecular complexity index is 709. The first-order chi connectivity index (χ1) is 11.2. The summed E-state index contributed by atoms with van der Waals surface area (Å²) in [5, 5.41) is 3.28. The zero-order chi connectivity index (χ0) is 16.2. The van der Waals surface area contributed by atoms with Crippen molar-refractivity contribution in [1.82, 2.24) is 9.88 Å². The number of benzene rings is 1. The Morgan fingerprint density at radius 3 is 2.43 bits per heavy atom. The van der Waals surface area contributed by atoms with Crippen LogP contribution in [0, 0.1) is 6.92 Å². The quantitative estimate of drug-likeness (QED) is 0.904. The van der Waals surface area contributed by atoms with Crippen LogP contribution in [0.5, 0.6) is 0 Å². The number of nitrogens with zero attached hydrogens (tertiary/aromatic N) is 1. The first kappa shape index (κ1) is 16.0. The molecule has 1 saturated carbocycles. The molecule has 1 heterocycles. The molecular formula is C20H26N2O. The molecule has 0 saturated heterocycles. The number of aromatic nitrogens is 1. The maximum absolute atomic E-state index is 13.0. The second kappa shape index (κ2) is 7.14. The van der Waals surface area contributed by atoms with Crippen LogP contribution >= 0.6 is 0 Å². The van der Waals surface area contributed by atoms with Gasteiger partial charge in [-0.15, -0.1) is 0 Å². The number of hydrogen-bond donors (Lipinski definition) is 1. The maximum Gasteiger partial charge on any atom is 0.255 e. The molecule has 0 unspecified atom stereocenters. The van der Waals surface area contributed by atoms with Gasteiger partial charge in [0.1, 0.15) is 0 Å². The number of hydrogen-bond acceptors (Lipinski definition) is 2. The van der Waals surface area contributed by atoms with E-state index in [2.05, 4.69) is 54.1 Å². The molecule has 3 heteroatoms. The normalized spacial score (nSPS) is 15.2. The van der Waals surface area contributed by atoms with Crippen molar-refractivity contribution in [2.75, 3.05) is 6.54 Å². The minimum absolute atomic E-state index is 0.177. The average molecular weight is 310 g/mol. The van der Waals surface area contributed by atoms with Gasteiger partial charge in [-0.3, -0.25) is 4.79 Å². The highest BCUT2D eigenvalue weighted by Gasteiger charge is 2.22. The number of rotatable bonds is 5. The molecular weight excluding hydrogens is 284 g/mol. The molecule has 23 heavy (non-hydrogen) atoms. The van der Waals surface area contributed by atoms with Gasteiger partial charge in [0.05, 0.1) is 5.69 Å². The topological polar surface area (TPSA) is 34.0 Å². The maximum atomic E-state index is 13.0. The minimum atomic E-state index is 0.177. The molecule has 3 rings (SSSR count). The van der Waals surface area contributed by atoms with Gasteiger partial charge in [0.15, 0.2) is 0 Å². The molecule has 0 radical (unpaired) electrons. The Morgan fingerprint density at radius 1 is 1.09 bits per heavy atom. The van der Waals surface area contributed by atoms with Gasteiger partial charge in [-0.05, 0) is 37.9 Å². The summed E-state index contributed by atoms with van der Waals surface area (Å²) in [7, 11) is 0. The van der Waals surface area contributed by atoms with Crippen molar-refractivity contribution in [2.24, 2.45) is 0 Å². The zero-order valence-corrected chi connectivity index (χ0v) is 14.1. The Kier molecular flexibility index (Phi) is 4.97. The highest BCUT2D eigenvalue weighted by molar-refractivity contribution is 5.60. The summed E-state index contributed by atoms with van der Waals surface area (Å²) in [4.78, 5) is 13.0. The number of nitrogens with one attached hydrogen (secondary N) is 1. The van der Waals surface area contributed by atoms with Gasteiger partial charge in [-0.2, -0.15) is 0 Å². The number of pyridine rings is 1. The van der Waals surface area contributed by atoms with Gasteiger partial charge >= 0.3 is 0 Å². The zero-order valence-electron chi connectivity index (χ0n) is 14.1. The molecule has 1 aliphatic rings. The van der Waals surface area contributed by atoms with Crippen molar-refractivity contribution in [3.63, 3.8) is 0 Å². The van der Waals surface area contributed by atoms with Gasteiger partial charge in [0.2, 0.25) is 0 Å². The van der Waals surface area contributed by atoms with Gasteiger partial charge in [0.25, 0.3) is 5.56 Å². The fraction of sp³-hybridized carbons (Fsp3) is 0.450. The molecule has 1 fully saturated rings. The lowest BCUT2D eigenvalue weighted by Crippen LogP contribution is -2.30. The van der Waals surface area contributed by atoms with Crippen LogP contribution in [0.4, 0.5) is 0 Å². The van der Waals surface area contributed by atoms with E-state index in [1.807, 2.05) is 6.07 Å². The molecule has 0 bridgehead atoms. The molecule has 0 amide bonds. The summed E-state index contributed by atoms with van der Waals surface area (Å²) in [6.07, 6.45) is 4.68. The van der Waals surface area contributed by atoms with Crippen LogP contribution in [0.1, 0.15) is 49.8 Å². The molecule has 2 aromatic rings. The molecule has 1 aromatic carbocycles. The summed E-state index contributed by atoms with van der Waals surface area (Å²) in [6, 6.07) is 12.9. The lowest BCUT2D eigenvalue weighted by molar-refractivity contribution is 0.503. The third-order valence-electron chi connectivity index (χ3n) is 4.80. The van der Waals surface area contributed by atoms with Crippen molar-refractivity contribution in [1.29, 1.82) is 0 Å². The van der Waals surface area contributed by atoms with Crippen LogP contribution < -0.4 is 10.9 Å². The van der Waals surface area contributed by atoms with E-state index in [9.17, 15) is 4.79 Å². The summed E-state index contributed by atoms with van der Waals surface area (Å²) in [5.74, 6) is 0. The lowest BCUT2D eigenvalue weighted by Gasteiger charge is -2.20. The van der Waals surface area contributed by atoms with E-state index in [0.29, 0.717) is 12.6 Å². The molecule has 122 valence electrons. The van der Waals surface area contributed by atoms with Crippen molar-refractivity contribution in [3.8, 4) is 11.3 Å². The summed E-state index contributed by atoms with van der Waals surface area (Å²) >= 11 is 0. The van der Waals surface area contributed by atoms with Crippen LogP contribution in [0.25, 0.3) is 11.3 Å². The predicted molar refractivity (Wildman–Crippen MR) is 95.8 cm³/mol. The molecule has 3 nitrogen and oxygen atoms in total. The third-order valence-corrected chi connectivity index (χ3v) is 4.80. The second-order valence-corrected chi connectivity index (χ2v) is 6.50. The van der Waals surface area contributed by atoms with Crippen molar-refractivity contribution < 1.29 is 0 Å². The minimum Gasteiger partial charge on any atom is -0.313 e.